The highest BCUT2D eigenvalue weighted by atomic mass is 32.1. The summed E-state index contributed by atoms with van der Waals surface area (Å²) in [5, 5.41) is 28.3. The van der Waals surface area contributed by atoms with Gasteiger partial charge in [-0.15, -0.1) is 68.0 Å². The number of benzene rings is 2. The largest absolute Gasteiger partial charge is 0.497 e. The summed E-state index contributed by atoms with van der Waals surface area (Å²) in [6.07, 6.45) is -2.75. The highest BCUT2D eigenvalue weighted by Gasteiger charge is 2.47. The third kappa shape index (κ3) is 12.4. The lowest BCUT2D eigenvalue weighted by molar-refractivity contribution is -0.148. The lowest BCUT2D eigenvalue weighted by atomic mass is 9.90. The maximum atomic E-state index is 15.4. The number of nitrogens with two attached hydrogens (primary N) is 2. The zero-order chi connectivity index (χ0) is 59.8. The molecule has 2 aromatic carbocycles. The van der Waals surface area contributed by atoms with Crippen LogP contribution in [0.15, 0.2) is 93.6 Å². The van der Waals surface area contributed by atoms with Gasteiger partial charge in [-0.05, 0) is 42.3 Å². The van der Waals surface area contributed by atoms with Crippen LogP contribution in [0.2, 0.25) is 0 Å². The number of esters is 1. The van der Waals surface area contributed by atoms with E-state index in [1.807, 2.05) is 12.3 Å². The van der Waals surface area contributed by atoms with Crippen LogP contribution < -0.4 is 26.8 Å². The zero-order valence-electron chi connectivity index (χ0n) is 45.4. The molecule has 2 aliphatic heterocycles. The molecule has 9 aromatic rings. The molecule has 11 rings (SSSR count). The molecule has 0 aliphatic carbocycles. The summed E-state index contributed by atoms with van der Waals surface area (Å²) in [5.41, 5.74) is 14.6. The van der Waals surface area contributed by atoms with Crippen molar-refractivity contribution in [2.45, 2.75) is 76.3 Å². The molecule has 2 aliphatic rings. The van der Waals surface area contributed by atoms with E-state index in [0.29, 0.717) is 70.1 Å². The number of fused-ring (bicyclic) bond motifs is 16. The Balaban J connectivity index is 1.03. The number of aromatic nitrogens is 7. The second kappa shape index (κ2) is 24.7. The van der Waals surface area contributed by atoms with E-state index in [-0.39, 0.29) is 58.6 Å². The molecule has 7 aromatic heterocycles. The molecule has 28 heteroatoms. The Morgan fingerprint density at radius 1 is 0.706 bits per heavy atom. The number of amides is 5. The minimum absolute atomic E-state index is 0.0103. The molecule has 0 spiro atoms. The van der Waals surface area contributed by atoms with E-state index < -0.39 is 83.5 Å². The minimum Gasteiger partial charge on any atom is -0.497 e. The Bertz CT molecular complexity index is 4040. The topological polar surface area (TPSA) is 328 Å². The van der Waals surface area contributed by atoms with Gasteiger partial charge >= 0.3 is 5.97 Å². The third-order valence-corrected chi connectivity index (χ3v) is 19.8. The van der Waals surface area contributed by atoms with Gasteiger partial charge in [0.15, 0.2) is 5.78 Å². The van der Waals surface area contributed by atoms with Crippen LogP contribution >= 0.6 is 68.0 Å². The summed E-state index contributed by atoms with van der Waals surface area (Å²) in [5.74, 6) is -5.29. The van der Waals surface area contributed by atoms with Gasteiger partial charge in [0.25, 0.3) is 17.7 Å². The van der Waals surface area contributed by atoms with Crippen molar-refractivity contribution in [2.24, 2.45) is 17.4 Å². The number of carbonyl (C=O) groups excluding carboxylic acids is 7. The van der Waals surface area contributed by atoms with Crippen LogP contribution in [-0.4, -0.2) is 112 Å². The molecular formula is C57H50N12O10S6. The average molecular weight is 1260 g/mol. The summed E-state index contributed by atoms with van der Waals surface area (Å²) < 4.78 is 11.3. The third-order valence-electron chi connectivity index (χ3n) is 14.3. The number of carbonyl (C=O) groups is 7. The first kappa shape index (κ1) is 58.4. The summed E-state index contributed by atoms with van der Waals surface area (Å²) in [6.45, 7) is 4.82. The van der Waals surface area contributed by atoms with Crippen LogP contribution in [-0.2, 0) is 25.5 Å². The van der Waals surface area contributed by atoms with E-state index >= 15 is 4.79 Å². The van der Waals surface area contributed by atoms with Crippen LogP contribution in [0.25, 0.3) is 43.4 Å². The molecule has 1 fully saturated rings. The molecule has 0 unspecified atom stereocenters. The fraction of sp³-hybridized carbons (Fsp3) is 0.263. The number of ketones is 1. The van der Waals surface area contributed by atoms with Gasteiger partial charge in [-0.2, -0.15) is 0 Å². The van der Waals surface area contributed by atoms with Crippen LogP contribution in [0.5, 0.6) is 5.75 Å². The standard InChI is InChI=1S/C57H50N12O10S6/c1-25-42(79-27(3)70)19-69-46(25)56-67-40(24-84-56)54-63-36(20-82-54)45-31(14-15-33(60-45)53-64-37(21-83-53)48(59)74)51-65-38(22-80-51)49(75)61-34(18-43(58)72)55-68-44(26(2)85-55)41(71)17-32(47(73)29-8-6-5-7-9-29)52-66-39(23-81-52)50(76)62-35(57(69)77)16-28-10-12-30(78-4)13-11-28/h5-15,20-25,32,34-35,42,46-47,73H,16-19H2,1-4H3,(H2,58,72)(H2,59,74)(H,61,75)(H,62,76)/t25-,32-,34-,35-,42-,46-,47+/m0/s1. The predicted molar refractivity (Wildman–Crippen MR) is 320 cm³/mol. The van der Waals surface area contributed by atoms with Crippen LogP contribution in [0, 0.1) is 12.8 Å². The van der Waals surface area contributed by atoms with Gasteiger partial charge in [-0.25, -0.2) is 34.9 Å². The van der Waals surface area contributed by atoms with E-state index in [9.17, 15) is 33.9 Å². The van der Waals surface area contributed by atoms with Gasteiger partial charge in [-0.3, -0.25) is 33.6 Å². The van der Waals surface area contributed by atoms with Gasteiger partial charge in [-0.1, -0.05) is 49.4 Å². The first-order chi connectivity index (χ1) is 40.9. The van der Waals surface area contributed by atoms with Crippen molar-refractivity contribution in [1.82, 2.24) is 50.4 Å². The molecular weight excluding hydrogens is 1210 g/mol. The van der Waals surface area contributed by atoms with Gasteiger partial charge in [0.05, 0.1) is 49.0 Å². The molecule has 0 saturated carbocycles. The van der Waals surface area contributed by atoms with E-state index in [0.717, 1.165) is 34.0 Å². The molecule has 9 heterocycles. The van der Waals surface area contributed by atoms with Crippen LogP contribution in [0.4, 0.5) is 0 Å². The molecule has 5 amide bonds. The predicted octanol–water partition coefficient (Wildman–Crippen LogP) is 8.15. The van der Waals surface area contributed by atoms with Crippen molar-refractivity contribution in [1.29, 1.82) is 0 Å². The molecule has 1 saturated heterocycles. The lowest BCUT2D eigenvalue weighted by Crippen LogP contribution is -2.50. The molecule has 434 valence electrons. The maximum Gasteiger partial charge on any atom is 0.302 e. The molecule has 0 radical (unpaired) electrons. The molecule has 85 heavy (non-hydrogen) atoms. The summed E-state index contributed by atoms with van der Waals surface area (Å²) in [4.78, 5) is 132. The number of aliphatic hydroxyl groups excluding tert-OH is 1. The Labute approximate surface area is 508 Å². The fourth-order valence-electron chi connectivity index (χ4n) is 10.0. The van der Waals surface area contributed by atoms with Crippen LogP contribution in [0.3, 0.4) is 0 Å². The molecule has 22 nitrogen and oxygen atoms in total. The zero-order valence-corrected chi connectivity index (χ0v) is 50.3. The maximum absolute atomic E-state index is 15.4. The number of nitrogens with one attached hydrogen (secondary N) is 2. The SMILES string of the molecule is COc1ccc(C[C@@H]2NC(=O)c3csc(n3)[C@H]([C@H](O)c3ccccc3)CC(=O)c3nc(sc3C)[C@H](CC(N)=O)NC(=O)c3csc(n3)-c3ccc(-c4nc(C(N)=O)cs4)nc3-c3csc(n3)-c3csc(n3)[C@@H]3[C@@H](C)[C@@H](OC(C)=O)CN3C2=O)cc1. The quantitative estimate of drug-likeness (QED) is 0.0806. The highest BCUT2D eigenvalue weighted by molar-refractivity contribution is 7.15. The number of hydrogen-bond acceptors (Lipinski definition) is 23. The van der Waals surface area contributed by atoms with Crippen LogP contribution in [0.1, 0.15) is 124 Å². The van der Waals surface area contributed by atoms with Crippen molar-refractivity contribution in [3.63, 3.8) is 0 Å². The number of aryl methyl sites for hydroxylation is 1. The minimum atomic E-state index is -1.30. The van der Waals surface area contributed by atoms with E-state index in [1.165, 1.54) is 58.8 Å². The average Bonchev–Trinajstić information content (AvgIpc) is 2.93. The monoisotopic (exact) mass is 1250 g/mol. The second-order valence-electron chi connectivity index (χ2n) is 20.0. The Morgan fingerprint density at radius 2 is 1.35 bits per heavy atom. The summed E-state index contributed by atoms with van der Waals surface area (Å²) >= 11 is 7.02. The first-order valence-corrected chi connectivity index (χ1v) is 31.4. The Kier molecular flexibility index (Phi) is 17.0. The van der Waals surface area contributed by atoms with Crippen molar-refractivity contribution in [3.05, 3.63) is 147 Å². The Hall–Kier alpha value is -8.38. The summed E-state index contributed by atoms with van der Waals surface area (Å²) in [6, 6.07) is 16.2. The number of pyridine rings is 1. The van der Waals surface area contributed by atoms with Gasteiger partial charge in [0.2, 0.25) is 11.8 Å². The van der Waals surface area contributed by atoms with E-state index in [4.69, 9.17) is 45.9 Å². The number of thiazole rings is 6. The molecule has 7 N–H and O–H groups in total. The number of aliphatic hydroxyl groups is 1. The lowest BCUT2D eigenvalue weighted by Gasteiger charge is -2.29. The van der Waals surface area contributed by atoms with Gasteiger partial charge in [0, 0.05) is 68.9 Å². The summed E-state index contributed by atoms with van der Waals surface area (Å²) in [7, 11) is 1.54. The number of hydrogen-bond donors (Lipinski definition) is 5. The van der Waals surface area contributed by atoms with Crippen molar-refractivity contribution in [2.75, 3.05) is 13.7 Å². The fourth-order valence-corrected chi connectivity index (χ4v) is 15.4. The Morgan fingerprint density at radius 3 is 2.07 bits per heavy atom. The number of primary amides is 2. The number of Topliss-reactive ketones (excluding diaryl/α,β-unsaturated/α-hetero) is 1. The van der Waals surface area contributed by atoms with Crippen molar-refractivity contribution >= 4 is 109 Å². The number of methoxy groups -OCH3 is 1. The number of rotatable bonds is 10. The van der Waals surface area contributed by atoms with E-state index in [2.05, 4.69) is 20.6 Å². The van der Waals surface area contributed by atoms with Gasteiger partial charge in [0.1, 0.15) is 82.8 Å². The van der Waals surface area contributed by atoms with Crippen molar-refractivity contribution < 1.29 is 48.1 Å². The highest BCUT2D eigenvalue weighted by Crippen LogP contribution is 2.44. The smallest absolute Gasteiger partial charge is 0.302 e. The van der Waals surface area contributed by atoms with Gasteiger partial charge < -0.3 is 41.6 Å². The number of nitrogens with zero attached hydrogens (tertiary/aromatic N) is 8. The molecule has 7 atom stereocenters. The normalized spacial score (nSPS) is 19.6. The molecule has 10 bridgehead atoms. The second-order valence-corrected chi connectivity index (χ2v) is 25.6. The van der Waals surface area contributed by atoms with E-state index in [1.54, 1.807) is 89.3 Å². The van der Waals surface area contributed by atoms with Crippen molar-refractivity contribution in [3.8, 4) is 49.1 Å². The number of ether oxygens (including phenoxy) is 2. The first-order valence-electron chi connectivity index (χ1n) is 26.2.